The number of hydrogen-bond donors (Lipinski definition) is 1. The van der Waals surface area contributed by atoms with Crippen molar-refractivity contribution in [3.8, 4) is 5.69 Å². The standard InChI is InChI=1S/C15H13ClF3N3O2/c1-9-12(20-8-11(16)13(23)15(17,18)19)14(24)22(21(9)2)10-6-4-3-5-7-10/h3-8,20H,1-2H3/b11-8-. The van der Waals surface area contributed by atoms with Crippen molar-refractivity contribution in [3.63, 3.8) is 0 Å². The molecule has 2 rings (SSSR count). The Morgan fingerprint density at radius 2 is 1.83 bits per heavy atom. The Morgan fingerprint density at radius 3 is 2.38 bits per heavy atom. The smallest absolute Gasteiger partial charge is 0.354 e. The monoisotopic (exact) mass is 359 g/mol. The van der Waals surface area contributed by atoms with Gasteiger partial charge in [0.1, 0.15) is 10.7 Å². The number of carbonyl (C=O) groups is 1. The predicted molar refractivity (Wildman–Crippen MR) is 84.4 cm³/mol. The molecule has 5 nitrogen and oxygen atoms in total. The minimum absolute atomic E-state index is 0.0227. The van der Waals surface area contributed by atoms with E-state index in [-0.39, 0.29) is 5.69 Å². The average Bonchev–Trinajstić information content (AvgIpc) is 2.74. The van der Waals surface area contributed by atoms with Gasteiger partial charge in [0.05, 0.1) is 11.4 Å². The Balaban J connectivity index is 2.40. The van der Waals surface area contributed by atoms with Crippen LogP contribution in [0.5, 0.6) is 0 Å². The minimum atomic E-state index is -5.08. The second kappa shape index (κ2) is 6.56. The number of halogens is 4. The molecule has 0 aliphatic heterocycles. The summed E-state index contributed by atoms with van der Waals surface area (Å²) in [5, 5.41) is 1.34. The van der Waals surface area contributed by atoms with Crippen LogP contribution >= 0.6 is 11.6 Å². The zero-order chi connectivity index (χ0) is 18.1. The number of benzene rings is 1. The Hall–Kier alpha value is -2.48. The van der Waals surface area contributed by atoms with Crippen LogP contribution in [0, 0.1) is 6.92 Å². The average molecular weight is 360 g/mol. The predicted octanol–water partition coefficient (Wildman–Crippen LogP) is 3.11. The van der Waals surface area contributed by atoms with Gasteiger partial charge >= 0.3 is 6.18 Å². The number of rotatable bonds is 4. The van der Waals surface area contributed by atoms with Crippen LogP contribution in [0.25, 0.3) is 5.69 Å². The molecule has 0 bridgehead atoms. The van der Waals surface area contributed by atoms with Crippen LogP contribution in [0.3, 0.4) is 0 Å². The summed E-state index contributed by atoms with van der Waals surface area (Å²) in [5.41, 5.74) is 0.586. The Bertz CT molecular complexity index is 851. The fourth-order valence-electron chi connectivity index (χ4n) is 2.07. The molecule has 1 aromatic heterocycles. The molecule has 1 N–H and O–H groups in total. The number of aromatic nitrogens is 2. The zero-order valence-electron chi connectivity index (χ0n) is 12.7. The van der Waals surface area contributed by atoms with Crippen LogP contribution in [-0.4, -0.2) is 21.3 Å². The van der Waals surface area contributed by atoms with Crippen molar-refractivity contribution in [2.45, 2.75) is 13.1 Å². The Morgan fingerprint density at radius 1 is 1.25 bits per heavy atom. The van der Waals surface area contributed by atoms with Gasteiger partial charge in [0, 0.05) is 13.2 Å². The summed E-state index contributed by atoms with van der Waals surface area (Å²) in [6.07, 6.45) is -4.41. The number of carbonyl (C=O) groups excluding carboxylic acids is 1. The fraction of sp³-hybridized carbons (Fsp3) is 0.200. The molecule has 0 saturated heterocycles. The largest absolute Gasteiger partial charge is 0.455 e. The van der Waals surface area contributed by atoms with E-state index in [1.165, 1.54) is 9.36 Å². The van der Waals surface area contributed by atoms with Gasteiger partial charge < -0.3 is 5.32 Å². The SMILES string of the molecule is Cc1c(N/C=C(\Cl)C(=O)C(F)(F)F)c(=O)n(-c2ccccc2)n1C. The van der Waals surface area contributed by atoms with E-state index in [0.29, 0.717) is 17.6 Å². The number of ketones is 1. The van der Waals surface area contributed by atoms with Gasteiger partial charge in [-0.25, -0.2) is 4.68 Å². The third kappa shape index (κ3) is 3.38. The van der Waals surface area contributed by atoms with E-state index in [1.807, 2.05) is 0 Å². The summed E-state index contributed by atoms with van der Waals surface area (Å²) in [6.45, 7) is 1.61. The Kier molecular flexibility index (Phi) is 4.88. The van der Waals surface area contributed by atoms with Crippen molar-refractivity contribution >= 4 is 23.1 Å². The van der Waals surface area contributed by atoms with Gasteiger partial charge in [-0.15, -0.1) is 0 Å². The lowest BCUT2D eigenvalue weighted by Gasteiger charge is -2.07. The summed E-state index contributed by atoms with van der Waals surface area (Å²) in [7, 11) is 1.63. The van der Waals surface area contributed by atoms with Gasteiger partial charge in [-0.3, -0.25) is 14.3 Å². The number of alkyl halides is 3. The highest BCUT2D eigenvalue weighted by atomic mass is 35.5. The van der Waals surface area contributed by atoms with E-state index in [4.69, 9.17) is 11.6 Å². The number of nitrogens with one attached hydrogen (secondary N) is 1. The topological polar surface area (TPSA) is 56.0 Å². The molecule has 0 fully saturated rings. The molecule has 0 aliphatic carbocycles. The van der Waals surface area contributed by atoms with E-state index in [2.05, 4.69) is 5.32 Å². The van der Waals surface area contributed by atoms with Gasteiger partial charge in [0.25, 0.3) is 11.3 Å². The zero-order valence-corrected chi connectivity index (χ0v) is 13.4. The lowest BCUT2D eigenvalue weighted by molar-refractivity contribution is -0.165. The maximum absolute atomic E-state index is 12.5. The normalized spacial score (nSPS) is 12.3. The summed E-state index contributed by atoms with van der Waals surface area (Å²) in [5.74, 6) is -2.19. The summed E-state index contributed by atoms with van der Waals surface area (Å²) < 4.78 is 39.8. The number of para-hydroxylation sites is 1. The van der Waals surface area contributed by atoms with Gasteiger partial charge in [0.2, 0.25) is 0 Å². The van der Waals surface area contributed by atoms with Gasteiger partial charge in [-0.1, -0.05) is 29.8 Å². The maximum Gasteiger partial charge on any atom is 0.455 e. The lowest BCUT2D eigenvalue weighted by Crippen LogP contribution is -2.23. The number of allylic oxidation sites excluding steroid dienone is 1. The molecule has 24 heavy (non-hydrogen) atoms. The molecular formula is C15H13ClF3N3O2. The third-order valence-corrected chi connectivity index (χ3v) is 3.65. The number of Topliss-reactive ketones (excluding diaryl/α,β-unsaturated/α-hetero) is 1. The Labute approximate surface area is 139 Å². The van der Waals surface area contributed by atoms with Crippen molar-refractivity contribution in [2.75, 3.05) is 5.32 Å². The molecule has 0 saturated carbocycles. The number of nitrogens with zero attached hydrogens (tertiary/aromatic N) is 2. The molecule has 0 radical (unpaired) electrons. The van der Waals surface area contributed by atoms with Crippen molar-refractivity contribution in [1.29, 1.82) is 0 Å². The first-order valence-corrected chi connectivity index (χ1v) is 7.10. The summed E-state index contributed by atoms with van der Waals surface area (Å²) >= 11 is 5.35. The first-order valence-electron chi connectivity index (χ1n) is 6.72. The van der Waals surface area contributed by atoms with E-state index >= 15 is 0 Å². The maximum atomic E-state index is 12.5. The van der Waals surface area contributed by atoms with E-state index in [1.54, 1.807) is 44.3 Å². The molecule has 0 spiro atoms. The van der Waals surface area contributed by atoms with Crippen molar-refractivity contribution in [1.82, 2.24) is 9.36 Å². The quantitative estimate of drug-likeness (QED) is 0.853. The van der Waals surface area contributed by atoms with Gasteiger partial charge in [0.15, 0.2) is 0 Å². The highest BCUT2D eigenvalue weighted by molar-refractivity contribution is 6.43. The first-order chi connectivity index (χ1) is 11.1. The highest BCUT2D eigenvalue weighted by Crippen LogP contribution is 2.23. The van der Waals surface area contributed by atoms with Crippen LogP contribution in [-0.2, 0) is 11.8 Å². The van der Waals surface area contributed by atoms with Gasteiger partial charge in [-0.05, 0) is 19.1 Å². The van der Waals surface area contributed by atoms with Crippen molar-refractivity contribution in [3.05, 3.63) is 57.6 Å². The summed E-state index contributed by atoms with van der Waals surface area (Å²) in [6, 6.07) is 8.70. The van der Waals surface area contributed by atoms with Crippen LogP contribution in [0.2, 0.25) is 0 Å². The van der Waals surface area contributed by atoms with E-state index < -0.39 is 22.6 Å². The van der Waals surface area contributed by atoms with Gasteiger partial charge in [-0.2, -0.15) is 13.2 Å². The third-order valence-electron chi connectivity index (χ3n) is 3.37. The fourth-order valence-corrected chi connectivity index (χ4v) is 2.23. The summed E-state index contributed by atoms with van der Waals surface area (Å²) in [4.78, 5) is 23.5. The molecule has 128 valence electrons. The van der Waals surface area contributed by atoms with Crippen LogP contribution in [0.15, 0.2) is 46.4 Å². The molecule has 0 atom stereocenters. The molecule has 1 heterocycles. The molecule has 1 aromatic carbocycles. The molecule has 0 unspecified atom stereocenters. The molecule has 9 heteroatoms. The van der Waals surface area contributed by atoms with Crippen LogP contribution in [0.1, 0.15) is 5.69 Å². The first kappa shape index (κ1) is 17.9. The molecular weight excluding hydrogens is 347 g/mol. The lowest BCUT2D eigenvalue weighted by atomic mass is 10.3. The number of anilines is 1. The molecule has 0 aliphatic rings. The number of hydrogen-bond acceptors (Lipinski definition) is 3. The van der Waals surface area contributed by atoms with Crippen molar-refractivity contribution in [2.24, 2.45) is 7.05 Å². The van der Waals surface area contributed by atoms with Crippen molar-refractivity contribution < 1.29 is 18.0 Å². The molecule has 0 amide bonds. The van der Waals surface area contributed by atoms with E-state index in [9.17, 15) is 22.8 Å². The highest BCUT2D eigenvalue weighted by Gasteiger charge is 2.40. The van der Waals surface area contributed by atoms with Crippen LogP contribution in [0.4, 0.5) is 18.9 Å². The van der Waals surface area contributed by atoms with E-state index in [0.717, 1.165) is 0 Å². The molecule has 2 aromatic rings. The second-order valence-electron chi connectivity index (χ2n) is 4.90. The van der Waals surface area contributed by atoms with Crippen LogP contribution < -0.4 is 10.9 Å². The second-order valence-corrected chi connectivity index (χ2v) is 5.31. The minimum Gasteiger partial charge on any atom is -0.354 e.